The van der Waals surface area contributed by atoms with Gasteiger partial charge in [-0.25, -0.2) is 9.97 Å². The lowest BCUT2D eigenvalue weighted by Gasteiger charge is -2.16. The molecule has 1 aliphatic heterocycles. The summed E-state index contributed by atoms with van der Waals surface area (Å²) >= 11 is 3.24. The van der Waals surface area contributed by atoms with Crippen molar-refractivity contribution in [3.63, 3.8) is 0 Å². The largest absolute Gasteiger partial charge is 0.381 e. The fourth-order valence-electron chi connectivity index (χ4n) is 1.51. The molecule has 2 rings (SSSR count). The summed E-state index contributed by atoms with van der Waals surface area (Å²) < 4.78 is 11.8. The molecule has 1 saturated heterocycles. The number of nitrogens with one attached hydrogen (secondary N) is 1. The molecule has 0 bridgehead atoms. The molecule has 0 aromatic carbocycles. The second-order valence-corrected chi connectivity index (χ2v) is 5.24. The van der Waals surface area contributed by atoms with Crippen molar-refractivity contribution in [3.8, 4) is 0 Å². The van der Waals surface area contributed by atoms with Gasteiger partial charge in [-0.3, -0.25) is 0 Å². The molecular formula is C10H15BrN4O2. The summed E-state index contributed by atoms with van der Waals surface area (Å²) in [6.07, 6.45) is 1.26. The maximum atomic E-state index is 5.69. The number of hydrogen-bond acceptors (Lipinski definition) is 6. The fraction of sp³-hybridized carbons (Fsp3) is 0.600. The number of nitrogens with zero attached hydrogens (tertiary/aromatic N) is 2. The molecule has 0 amide bonds. The molecule has 2 heterocycles. The van der Waals surface area contributed by atoms with Crippen LogP contribution in [-0.2, 0) is 9.47 Å². The standard InChI is InChI=1S/C10H15BrN4O2/c1-10(2)5-16-7(17-10)4-14-9-8(12)13-3-6(11)15-9/h3,7H,4-5H2,1-2H3,(H2,12,13)(H,14,15). The third kappa shape index (κ3) is 3.27. The number of halogens is 1. The molecular weight excluding hydrogens is 288 g/mol. The number of anilines is 2. The van der Waals surface area contributed by atoms with Gasteiger partial charge in [-0.05, 0) is 29.8 Å². The van der Waals surface area contributed by atoms with Crippen LogP contribution in [-0.4, -0.2) is 35.0 Å². The first-order valence-corrected chi connectivity index (χ1v) is 6.07. The molecule has 1 fully saturated rings. The van der Waals surface area contributed by atoms with Gasteiger partial charge in [-0.2, -0.15) is 0 Å². The summed E-state index contributed by atoms with van der Waals surface area (Å²) in [5, 5.41) is 3.05. The zero-order valence-electron chi connectivity index (χ0n) is 9.74. The molecule has 94 valence electrons. The van der Waals surface area contributed by atoms with E-state index in [2.05, 4.69) is 31.2 Å². The molecule has 17 heavy (non-hydrogen) atoms. The highest BCUT2D eigenvalue weighted by molar-refractivity contribution is 9.10. The highest BCUT2D eigenvalue weighted by Gasteiger charge is 2.32. The maximum absolute atomic E-state index is 5.69. The Morgan fingerprint density at radius 2 is 2.41 bits per heavy atom. The third-order valence-corrected chi connectivity index (χ3v) is 2.66. The topological polar surface area (TPSA) is 82.3 Å². The molecule has 3 N–H and O–H groups in total. The molecule has 6 nitrogen and oxygen atoms in total. The van der Waals surface area contributed by atoms with E-state index in [1.165, 1.54) is 0 Å². The Kier molecular flexibility index (Phi) is 3.50. The lowest BCUT2D eigenvalue weighted by molar-refractivity contribution is -0.0681. The zero-order chi connectivity index (χ0) is 12.5. The molecule has 0 saturated carbocycles. The first kappa shape index (κ1) is 12.5. The van der Waals surface area contributed by atoms with Crippen LogP contribution in [0.4, 0.5) is 11.6 Å². The normalized spacial score (nSPS) is 22.6. The van der Waals surface area contributed by atoms with Crippen molar-refractivity contribution in [1.82, 2.24) is 9.97 Å². The predicted octanol–water partition coefficient (Wildman–Crippen LogP) is 1.38. The zero-order valence-corrected chi connectivity index (χ0v) is 11.3. The van der Waals surface area contributed by atoms with Crippen LogP contribution >= 0.6 is 15.9 Å². The monoisotopic (exact) mass is 302 g/mol. The van der Waals surface area contributed by atoms with Gasteiger partial charge < -0.3 is 20.5 Å². The highest BCUT2D eigenvalue weighted by Crippen LogP contribution is 2.22. The van der Waals surface area contributed by atoms with Crippen LogP contribution in [0, 0.1) is 0 Å². The lowest BCUT2D eigenvalue weighted by atomic mass is 10.2. The van der Waals surface area contributed by atoms with Crippen molar-refractivity contribution in [3.05, 3.63) is 10.8 Å². The number of nitrogens with two attached hydrogens (primary N) is 1. The Morgan fingerprint density at radius 1 is 1.65 bits per heavy atom. The van der Waals surface area contributed by atoms with E-state index in [4.69, 9.17) is 15.2 Å². The first-order chi connectivity index (χ1) is 7.96. The van der Waals surface area contributed by atoms with Gasteiger partial charge in [0.25, 0.3) is 0 Å². The van der Waals surface area contributed by atoms with E-state index in [1.807, 2.05) is 13.8 Å². The van der Waals surface area contributed by atoms with Crippen molar-refractivity contribution in [1.29, 1.82) is 0 Å². The van der Waals surface area contributed by atoms with Gasteiger partial charge in [0.15, 0.2) is 17.9 Å². The molecule has 1 atom stereocenters. The van der Waals surface area contributed by atoms with Crippen molar-refractivity contribution in [2.75, 3.05) is 24.2 Å². The van der Waals surface area contributed by atoms with Crippen LogP contribution in [0.5, 0.6) is 0 Å². The van der Waals surface area contributed by atoms with E-state index in [0.717, 1.165) is 0 Å². The Bertz CT molecular complexity index is 413. The van der Waals surface area contributed by atoms with Crippen LogP contribution in [0.1, 0.15) is 13.8 Å². The summed E-state index contributed by atoms with van der Waals surface area (Å²) in [5.74, 6) is 0.877. The molecule has 0 radical (unpaired) electrons. The summed E-state index contributed by atoms with van der Waals surface area (Å²) in [7, 11) is 0. The van der Waals surface area contributed by atoms with Gasteiger partial charge in [-0.15, -0.1) is 0 Å². The Labute approximate surface area is 108 Å². The molecule has 7 heteroatoms. The van der Waals surface area contributed by atoms with Crippen LogP contribution < -0.4 is 11.1 Å². The van der Waals surface area contributed by atoms with Gasteiger partial charge >= 0.3 is 0 Å². The summed E-state index contributed by atoms with van der Waals surface area (Å²) in [6, 6.07) is 0. The van der Waals surface area contributed by atoms with Gasteiger partial charge in [0.05, 0.1) is 24.9 Å². The maximum Gasteiger partial charge on any atom is 0.175 e. The van der Waals surface area contributed by atoms with E-state index in [0.29, 0.717) is 29.4 Å². The number of ether oxygens (including phenoxy) is 2. The molecule has 1 unspecified atom stereocenters. The SMILES string of the molecule is CC1(C)COC(CNc2nc(Br)cnc2N)O1. The first-order valence-electron chi connectivity index (χ1n) is 5.27. The fourth-order valence-corrected chi connectivity index (χ4v) is 1.78. The molecule has 0 aliphatic carbocycles. The van der Waals surface area contributed by atoms with Crippen molar-refractivity contribution in [2.45, 2.75) is 25.7 Å². The van der Waals surface area contributed by atoms with Crippen LogP contribution in [0.2, 0.25) is 0 Å². The number of hydrogen-bond donors (Lipinski definition) is 2. The molecule has 1 aromatic heterocycles. The smallest absolute Gasteiger partial charge is 0.175 e. The summed E-state index contributed by atoms with van der Waals surface area (Å²) in [6.45, 7) is 5.04. The van der Waals surface area contributed by atoms with Crippen LogP contribution in [0.15, 0.2) is 10.8 Å². The highest BCUT2D eigenvalue weighted by atomic mass is 79.9. The summed E-state index contributed by atoms with van der Waals surface area (Å²) in [5.41, 5.74) is 5.45. The average molecular weight is 303 g/mol. The van der Waals surface area contributed by atoms with Crippen molar-refractivity contribution < 1.29 is 9.47 Å². The number of rotatable bonds is 3. The second kappa shape index (κ2) is 4.75. The van der Waals surface area contributed by atoms with E-state index >= 15 is 0 Å². The second-order valence-electron chi connectivity index (χ2n) is 4.43. The van der Waals surface area contributed by atoms with E-state index in [-0.39, 0.29) is 11.9 Å². The van der Waals surface area contributed by atoms with Gasteiger partial charge in [0.1, 0.15) is 4.60 Å². The minimum absolute atomic E-state index is 0.235. The number of nitrogen functional groups attached to an aromatic ring is 1. The van der Waals surface area contributed by atoms with E-state index in [9.17, 15) is 0 Å². The molecule has 1 aromatic rings. The number of aromatic nitrogens is 2. The quantitative estimate of drug-likeness (QED) is 0.878. The van der Waals surface area contributed by atoms with Crippen molar-refractivity contribution in [2.24, 2.45) is 0 Å². The lowest BCUT2D eigenvalue weighted by Crippen LogP contribution is -2.26. The Balaban J connectivity index is 1.92. The Hall–Kier alpha value is -0.920. The van der Waals surface area contributed by atoms with Crippen LogP contribution in [0.25, 0.3) is 0 Å². The third-order valence-electron chi connectivity index (χ3n) is 2.27. The van der Waals surface area contributed by atoms with Gasteiger partial charge in [0.2, 0.25) is 0 Å². The van der Waals surface area contributed by atoms with Crippen molar-refractivity contribution >= 4 is 27.6 Å². The Morgan fingerprint density at radius 3 is 3.06 bits per heavy atom. The predicted molar refractivity (Wildman–Crippen MR) is 67.5 cm³/mol. The van der Waals surface area contributed by atoms with E-state index < -0.39 is 0 Å². The van der Waals surface area contributed by atoms with E-state index in [1.54, 1.807) is 6.20 Å². The van der Waals surface area contributed by atoms with Crippen LogP contribution in [0.3, 0.4) is 0 Å². The molecule has 0 spiro atoms. The minimum Gasteiger partial charge on any atom is -0.381 e. The van der Waals surface area contributed by atoms with Gasteiger partial charge in [0, 0.05) is 0 Å². The molecule has 1 aliphatic rings. The van der Waals surface area contributed by atoms with Gasteiger partial charge in [-0.1, -0.05) is 0 Å². The minimum atomic E-state index is -0.287. The average Bonchev–Trinajstić information content (AvgIpc) is 2.60. The summed E-state index contributed by atoms with van der Waals surface area (Å²) in [4.78, 5) is 8.15.